The second-order valence-corrected chi connectivity index (χ2v) is 5.06. The summed E-state index contributed by atoms with van der Waals surface area (Å²) in [5.41, 5.74) is 0.942. The third-order valence-corrected chi connectivity index (χ3v) is 3.67. The number of aliphatic hydroxyl groups is 1. The standard InChI is InChI=1S/C13H14N4O2S/c1-10-9-12(20-11(10)3-2-8-18)13(19)14-4-6-17-7-5-15-16-17/h5,7,9,18H,4,6,8H2,1H3,(H,14,19). The highest BCUT2D eigenvalue weighted by molar-refractivity contribution is 7.14. The summed E-state index contributed by atoms with van der Waals surface area (Å²) in [6.45, 7) is 2.77. The van der Waals surface area contributed by atoms with E-state index >= 15 is 0 Å². The van der Waals surface area contributed by atoms with Crippen LogP contribution in [0.4, 0.5) is 0 Å². The lowest BCUT2D eigenvalue weighted by Crippen LogP contribution is -2.26. The topological polar surface area (TPSA) is 80.0 Å². The van der Waals surface area contributed by atoms with E-state index in [4.69, 9.17) is 5.11 Å². The normalized spacial score (nSPS) is 9.90. The Morgan fingerprint density at radius 2 is 2.45 bits per heavy atom. The first-order chi connectivity index (χ1) is 9.70. The van der Waals surface area contributed by atoms with Gasteiger partial charge in [0.15, 0.2) is 0 Å². The van der Waals surface area contributed by atoms with Crippen LogP contribution in [0.2, 0.25) is 0 Å². The van der Waals surface area contributed by atoms with Crippen LogP contribution in [-0.4, -0.2) is 39.2 Å². The minimum absolute atomic E-state index is 0.129. The molecule has 0 radical (unpaired) electrons. The molecular formula is C13H14N4O2S. The van der Waals surface area contributed by atoms with Crippen LogP contribution >= 0.6 is 11.3 Å². The van der Waals surface area contributed by atoms with Gasteiger partial charge in [-0.1, -0.05) is 17.1 Å². The van der Waals surface area contributed by atoms with E-state index in [9.17, 15) is 4.79 Å². The number of nitrogens with one attached hydrogen (secondary N) is 1. The number of carbonyl (C=O) groups excluding carboxylic acids is 1. The van der Waals surface area contributed by atoms with Crippen LogP contribution in [0.3, 0.4) is 0 Å². The van der Waals surface area contributed by atoms with Gasteiger partial charge in [0, 0.05) is 12.7 Å². The Labute approximate surface area is 120 Å². The van der Waals surface area contributed by atoms with Crippen LogP contribution in [0.25, 0.3) is 0 Å². The number of nitrogens with zero attached hydrogens (tertiary/aromatic N) is 3. The zero-order valence-electron chi connectivity index (χ0n) is 11.0. The number of aromatic nitrogens is 3. The van der Waals surface area contributed by atoms with Crippen LogP contribution < -0.4 is 5.32 Å². The maximum atomic E-state index is 12.0. The van der Waals surface area contributed by atoms with Crippen LogP contribution in [-0.2, 0) is 6.54 Å². The van der Waals surface area contributed by atoms with Crippen molar-refractivity contribution in [2.24, 2.45) is 0 Å². The molecule has 1 amide bonds. The first-order valence-electron chi connectivity index (χ1n) is 6.03. The molecule has 0 aliphatic rings. The highest BCUT2D eigenvalue weighted by Crippen LogP contribution is 2.20. The van der Waals surface area contributed by atoms with Gasteiger partial charge in [0.25, 0.3) is 5.91 Å². The summed E-state index contributed by atoms with van der Waals surface area (Å²) in [5, 5.41) is 19.0. The van der Waals surface area contributed by atoms with E-state index in [0.717, 1.165) is 10.4 Å². The summed E-state index contributed by atoms with van der Waals surface area (Å²) in [6, 6.07) is 1.80. The van der Waals surface area contributed by atoms with Gasteiger partial charge < -0.3 is 10.4 Å². The summed E-state index contributed by atoms with van der Waals surface area (Å²) in [5.74, 6) is 5.29. The summed E-state index contributed by atoms with van der Waals surface area (Å²) in [4.78, 5) is 13.4. The molecule has 0 unspecified atom stereocenters. The predicted octanol–water partition coefficient (Wildman–Crippen LogP) is 0.422. The van der Waals surface area contributed by atoms with Crippen LogP contribution in [0, 0.1) is 18.8 Å². The molecular weight excluding hydrogens is 276 g/mol. The minimum Gasteiger partial charge on any atom is -0.384 e. The maximum Gasteiger partial charge on any atom is 0.261 e. The molecule has 2 N–H and O–H groups in total. The fraction of sp³-hybridized carbons (Fsp3) is 0.308. The molecule has 7 heteroatoms. The highest BCUT2D eigenvalue weighted by Gasteiger charge is 2.11. The molecule has 2 rings (SSSR count). The smallest absolute Gasteiger partial charge is 0.261 e. The second-order valence-electron chi connectivity index (χ2n) is 4.00. The average Bonchev–Trinajstić information content (AvgIpc) is 3.06. The lowest BCUT2D eigenvalue weighted by molar-refractivity contribution is 0.0956. The third-order valence-electron chi connectivity index (χ3n) is 2.52. The van der Waals surface area contributed by atoms with Crippen molar-refractivity contribution < 1.29 is 9.90 Å². The monoisotopic (exact) mass is 290 g/mol. The number of rotatable bonds is 4. The van der Waals surface area contributed by atoms with Crippen LogP contribution in [0.5, 0.6) is 0 Å². The second kappa shape index (κ2) is 6.84. The van der Waals surface area contributed by atoms with Gasteiger partial charge in [0.1, 0.15) is 6.61 Å². The van der Waals surface area contributed by atoms with Crippen molar-refractivity contribution in [1.29, 1.82) is 0 Å². The zero-order valence-corrected chi connectivity index (χ0v) is 11.8. The van der Waals surface area contributed by atoms with Gasteiger partial charge in [-0.2, -0.15) is 0 Å². The van der Waals surface area contributed by atoms with Gasteiger partial charge in [-0.25, -0.2) is 0 Å². The molecule has 104 valence electrons. The van der Waals surface area contributed by atoms with Gasteiger partial charge in [0.2, 0.25) is 0 Å². The molecule has 0 fully saturated rings. The molecule has 2 aromatic heterocycles. The number of thiophene rings is 1. The van der Waals surface area contributed by atoms with Crippen LogP contribution in [0.15, 0.2) is 18.5 Å². The SMILES string of the molecule is Cc1cc(C(=O)NCCn2ccnn2)sc1C#CCO. The molecule has 2 aromatic rings. The van der Waals surface area contributed by atoms with E-state index in [1.807, 2.05) is 6.92 Å². The first-order valence-corrected chi connectivity index (χ1v) is 6.85. The van der Waals surface area contributed by atoms with Crippen molar-refractivity contribution in [3.05, 3.63) is 33.8 Å². The van der Waals surface area contributed by atoms with Gasteiger partial charge in [-0.3, -0.25) is 9.48 Å². The Kier molecular flexibility index (Phi) is 4.87. The summed E-state index contributed by atoms with van der Waals surface area (Å²) < 4.78 is 1.65. The van der Waals surface area contributed by atoms with E-state index in [1.165, 1.54) is 11.3 Å². The number of aryl methyl sites for hydroxylation is 1. The summed E-state index contributed by atoms with van der Waals surface area (Å²) in [7, 11) is 0. The Morgan fingerprint density at radius 3 is 3.15 bits per heavy atom. The summed E-state index contributed by atoms with van der Waals surface area (Å²) >= 11 is 1.32. The Bertz CT molecular complexity index is 637. The summed E-state index contributed by atoms with van der Waals surface area (Å²) in [6.07, 6.45) is 3.33. The lowest BCUT2D eigenvalue weighted by Gasteiger charge is -2.02. The van der Waals surface area contributed by atoms with E-state index in [0.29, 0.717) is 18.0 Å². The van der Waals surface area contributed by atoms with Gasteiger partial charge >= 0.3 is 0 Å². The molecule has 0 spiro atoms. The molecule has 0 saturated heterocycles. The molecule has 0 aliphatic heterocycles. The Morgan fingerprint density at radius 1 is 1.60 bits per heavy atom. The zero-order chi connectivity index (χ0) is 14.4. The van der Waals surface area contributed by atoms with Gasteiger partial charge in [0.05, 0.1) is 22.5 Å². The maximum absolute atomic E-state index is 12.0. The lowest BCUT2D eigenvalue weighted by atomic mass is 10.2. The fourth-order valence-electron chi connectivity index (χ4n) is 1.56. The number of hydrogen-bond donors (Lipinski definition) is 2. The minimum atomic E-state index is -0.184. The predicted molar refractivity (Wildman–Crippen MR) is 75.4 cm³/mol. The van der Waals surface area contributed by atoms with E-state index in [2.05, 4.69) is 27.5 Å². The Hall–Kier alpha value is -2.17. The van der Waals surface area contributed by atoms with E-state index in [1.54, 1.807) is 23.1 Å². The fourth-order valence-corrected chi connectivity index (χ4v) is 2.52. The van der Waals surface area contributed by atoms with Crippen molar-refractivity contribution in [2.75, 3.05) is 13.2 Å². The number of aliphatic hydroxyl groups excluding tert-OH is 1. The van der Waals surface area contributed by atoms with E-state index in [-0.39, 0.29) is 12.5 Å². The number of carbonyl (C=O) groups is 1. The quantitative estimate of drug-likeness (QED) is 0.800. The van der Waals surface area contributed by atoms with Crippen molar-refractivity contribution in [2.45, 2.75) is 13.5 Å². The molecule has 0 aliphatic carbocycles. The molecule has 0 atom stereocenters. The molecule has 6 nitrogen and oxygen atoms in total. The van der Waals surface area contributed by atoms with Gasteiger partial charge in [-0.15, -0.1) is 16.4 Å². The van der Waals surface area contributed by atoms with Crippen molar-refractivity contribution in [3.63, 3.8) is 0 Å². The largest absolute Gasteiger partial charge is 0.384 e. The molecule has 0 saturated carbocycles. The number of hydrogen-bond acceptors (Lipinski definition) is 5. The van der Waals surface area contributed by atoms with Crippen molar-refractivity contribution in [3.8, 4) is 11.8 Å². The van der Waals surface area contributed by atoms with E-state index < -0.39 is 0 Å². The number of amides is 1. The van der Waals surface area contributed by atoms with Crippen molar-refractivity contribution in [1.82, 2.24) is 20.3 Å². The molecule has 0 bridgehead atoms. The highest BCUT2D eigenvalue weighted by atomic mass is 32.1. The molecule has 0 aromatic carbocycles. The Balaban J connectivity index is 1.92. The molecule has 2 heterocycles. The average molecular weight is 290 g/mol. The molecule has 20 heavy (non-hydrogen) atoms. The first kappa shape index (κ1) is 14.2. The van der Waals surface area contributed by atoms with Gasteiger partial charge in [-0.05, 0) is 18.6 Å². The van der Waals surface area contributed by atoms with Crippen molar-refractivity contribution >= 4 is 17.2 Å². The third kappa shape index (κ3) is 3.66. The van der Waals surface area contributed by atoms with Crippen LogP contribution in [0.1, 0.15) is 20.1 Å².